The van der Waals surface area contributed by atoms with Crippen molar-refractivity contribution >= 4 is 11.7 Å². The minimum absolute atomic E-state index is 0.227. The average molecular weight is 354 g/mol. The Balaban J connectivity index is 1.76. The predicted octanol–water partition coefficient (Wildman–Crippen LogP) is 2.24. The van der Waals surface area contributed by atoms with Crippen molar-refractivity contribution in [3.63, 3.8) is 0 Å². The van der Waals surface area contributed by atoms with E-state index in [-0.39, 0.29) is 12.1 Å². The van der Waals surface area contributed by atoms with Gasteiger partial charge in [-0.3, -0.25) is 9.59 Å². The second kappa shape index (κ2) is 7.64. The number of aromatic nitrogens is 3. The summed E-state index contributed by atoms with van der Waals surface area (Å²) in [7, 11) is 0. The molecule has 0 saturated carbocycles. The van der Waals surface area contributed by atoms with Crippen molar-refractivity contribution in [2.24, 2.45) is 0 Å². The number of hydrogen-bond donors (Lipinski definition) is 1. The molecule has 1 aromatic carbocycles. The summed E-state index contributed by atoms with van der Waals surface area (Å²) in [5.74, 6) is 1.21. The van der Waals surface area contributed by atoms with E-state index in [1.165, 1.54) is 6.07 Å². The monoisotopic (exact) mass is 354 g/mol. The summed E-state index contributed by atoms with van der Waals surface area (Å²) in [5, 5.41) is 10.5. The van der Waals surface area contributed by atoms with E-state index in [0.717, 1.165) is 16.0 Å². The molecular weight excluding hydrogens is 336 g/mol. The van der Waals surface area contributed by atoms with Crippen LogP contribution in [0.5, 0.6) is 5.75 Å². The quantitative estimate of drug-likeness (QED) is 0.729. The van der Waals surface area contributed by atoms with Gasteiger partial charge in [0, 0.05) is 17.7 Å². The number of carbonyl (C=O) groups excluding carboxylic acids is 1. The average Bonchev–Trinajstić information content (AvgIpc) is 3.02. The van der Waals surface area contributed by atoms with Gasteiger partial charge in [-0.05, 0) is 44.2 Å². The third kappa shape index (κ3) is 4.15. The molecule has 8 nitrogen and oxygen atoms in total. The maximum absolute atomic E-state index is 12.1. The molecule has 2 heterocycles. The second-order valence-corrected chi connectivity index (χ2v) is 5.54. The summed E-state index contributed by atoms with van der Waals surface area (Å²) in [6.45, 7) is 3.99. The Bertz CT molecular complexity index is 960. The smallest absolute Gasteiger partial charge is 0.267 e. The zero-order valence-electron chi connectivity index (χ0n) is 14.4. The van der Waals surface area contributed by atoms with Crippen molar-refractivity contribution < 1.29 is 14.1 Å². The molecule has 0 saturated heterocycles. The molecule has 0 aliphatic rings. The highest BCUT2D eigenvalue weighted by molar-refractivity contribution is 5.89. The second-order valence-electron chi connectivity index (χ2n) is 5.54. The topological polar surface area (TPSA) is 99.2 Å². The van der Waals surface area contributed by atoms with Gasteiger partial charge in [-0.15, -0.1) is 0 Å². The van der Waals surface area contributed by atoms with E-state index in [1.807, 2.05) is 31.2 Å². The Morgan fingerprint density at radius 3 is 2.65 bits per heavy atom. The summed E-state index contributed by atoms with van der Waals surface area (Å²) < 4.78 is 11.4. The Morgan fingerprint density at radius 2 is 2.00 bits per heavy atom. The molecule has 0 fully saturated rings. The fourth-order valence-electron chi connectivity index (χ4n) is 2.35. The Kier molecular flexibility index (Phi) is 5.12. The first-order valence-electron chi connectivity index (χ1n) is 8.09. The van der Waals surface area contributed by atoms with Gasteiger partial charge in [-0.1, -0.05) is 5.16 Å². The van der Waals surface area contributed by atoms with Gasteiger partial charge in [0.1, 0.15) is 18.1 Å². The molecule has 1 amide bonds. The molecule has 8 heteroatoms. The van der Waals surface area contributed by atoms with E-state index in [2.05, 4.69) is 15.6 Å². The van der Waals surface area contributed by atoms with Gasteiger partial charge in [-0.2, -0.15) is 5.10 Å². The van der Waals surface area contributed by atoms with E-state index >= 15 is 0 Å². The maximum Gasteiger partial charge on any atom is 0.267 e. The first kappa shape index (κ1) is 17.4. The number of amides is 1. The van der Waals surface area contributed by atoms with Crippen LogP contribution in [0.15, 0.2) is 51.8 Å². The molecule has 0 atom stereocenters. The molecule has 0 unspecified atom stereocenters. The minimum Gasteiger partial charge on any atom is -0.494 e. The van der Waals surface area contributed by atoms with Crippen molar-refractivity contribution in [1.29, 1.82) is 0 Å². The minimum atomic E-state index is -0.420. The first-order chi connectivity index (χ1) is 12.5. The lowest BCUT2D eigenvalue weighted by Gasteiger charge is -2.08. The number of ether oxygens (including phenoxy) is 1. The number of aryl methyl sites for hydroxylation is 1. The molecular formula is C18H18N4O4. The lowest BCUT2D eigenvalue weighted by Crippen LogP contribution is -2.29. The van der Waals surface area contributed by atoms with Crippen molar-refractivity contribution in [2.45, 2.75) is 20.4 Å². The van der Waals surface area contributed by atoms with Gasteiger partial charge >= 0.3 is 0 Å². The highest BCUT2D eigenvalue weighted by Gasteiger charge is 2.10. The van der Waals surface area contributed by atoms with Crippen LogP contribution in [0.3, 0.4) is 0 Å². The van der Waals surface area contributed by atoms with E-state index < -0.39 is 5.91 Å². The normalized spacial score (nSPS) is 10.5. The van der Waals surface area contributed by atoms with Crippen LogP contribution in [-0.2, 0) is 11.3 Å². The molecule has 0 aliphatic heterocycles. The van der Waals surface area contributed by atoms with Crippen LogP contribution >= 0.6 is 0 Å². The van der Waals surface area contributed by atoms with E-state index in [1.54, 1.807) is 19.1 Å². The van der Waals surface area contributed by atoms with Crippen molar-refractivity contribution in [2.75, 3.05) is 11.9 Å². The molecule has 0 bridgehead atoms. The van der Waals surface area contributed by atoms with Crippen LogP contribution in [-0.4, -0.2) is 27.5 Å². The standard InChI is InChI=1S/C18H18N4O4/c1-3-25-14-6-4-13(5-7-14)15-8-9-18(24)22(20-15)11-17(23)19-16-10-12(2)26-21-16/h4-10H,3,11H2,1-2H3,(H,19,21,23). The number of nitrogens with one attached hydrogen (secondary N) is 1. The van der Waals surface area contributed by atoms with E-state index in [4.69, 9.17) is 9.26 Å². The summed E-state index contributed by atoms with van der Waals surface area (Å²) in [6.07, 6.45) is 0. The lowest BCUT2D eigenvalue weighted by atomic mass is 10.1. The summed E-state index contributed by atoms with van der Waals surface area (Å²) in [5.41, 5.74) is 1.03. The van der Waals surface area contributed by atoms with E-state index in [0.29, 0.717) is 23.9 Å². The lowest BCUT2D eigenvalue weighted by molar-refractivity contribution is -0.117. The third-order valence-corrected chi connectivity index (χ3v) is 3.52. The summed E-state index contributed by atoms with van der Waals surface area (Å²) in [6, 6.07) is 11.9. The Hall–Kier alpha value is -3.42. The fourth-order valence-corrected chi connectivity index (χ4v) is 2.35. The van der Waals surface area contributed by atoms with Crippen LogP contribution in [0.2, 0.25) is 0 Å². The molecule has 26 heavy (non-hydrogen) atoms. The highest BCUT2D eigenvalue weighted by Crippen LogP contribution is 2.19. The molecule has 134 valence electrons. The predicted molar refractivity (Wildman–Crippen MR) is 95.0 cm³/mol. The van der Waals surface area contributed by atoms with Gasteiger partial charge in [-0.25, -0.2) is 4.68 Å². The third-order valence-electron chi connectivity index (χ3n) is 3.52. The number of hydrogen-bond acceptors (Lipinski definition) is 6. The Morgan fingerprint density at radius 1 is 1.23 bits per heavy atom. The Labute approximate surface area is 149 Å². The van der Waals surface area contributed by atoms with Crippen LogP contribution in [0, 0.1) is 6.92 Å². The van der Waals surface area contributed by atoms with Gasteiger partial charge < -0.3 is 14.6 Å². The van der Waals surface area contributed by atoms with Gasteiger partial charge in [0.15, 0.2) is 5.82 Å². The first-order valence-corrected chi connectivity index (χ1v) is 8.09. The molecule has 2 aromatic heterocycles. The van der Waals surface area contributed by atoms with Gasteiger partial charge in [0.25, 0.3) is 5.56 Å². The number of rotatable bonds is 6. The number of nitrogens with zero attached hydrogens (tertiary/aromatic N) is 3. The van der Waals surface area contributed by atoms with Crippen molar-refractivity contribution in [3.8, 4) is 17.0 Å². The zero-order valence-corrected chi connectivity index (χ0v) is 14.4. The van der Waals surface area contributed by atoms with Crippen LogP contribution in [0.4, 0.5) is 5.82 Å². The molecule has 3 rings (SSSR count). The molecule has 0 radical (unpaired) electrons. The molecule has 1 N–H and O–H groups in total. The number of anilines is 1. The number of benzene rings is 1. The zero-order chi connectivity index (χ0) is 18.5. The van der Waals surface area contributed by atoms with Crippen molar-refractivity contribution in [1.82, 2.24) is 14.9 Å². The van der Waals surface area contributed by atoms with Crippen molar-refractivity contribution in [3.05, 3.63) is 58.6 Å². The SMILES string of the molecule is CCOc1ccc(-c2ccc(=O)n(CC(=O)Nc3cc(C)on3)n2)cc1. The fraction of sp³-hybridized carbons (Fsp3) is 0.222. The van der Waals surface area contributed by atoms with Gasteiger partial charge in [0.2, 0.25) is 5.91 Å². The van der Waals surface area contributed by atoms with E-state index in [9.17, 15) is 9.59 Å². The van der Waals surface area contributed by atoms with Gasteiger partial charge in [0.05, 0.1) is 12.3 Å². The number of carbonyl (C=O) groups is 1. The molecule has 0 aliphatic carbocycles. The van der Waals surface area contributed by atoms with Crippen LogP contribution in [0.1, 0.15) is 12.7 Å². The molecule has 0 spiro atoms. The maximum atomic E-state index is 12.1. The summed E-state index contributed by atoms with van der Waals surface area (Å²) >= 11 is 0. The highest BCUT2D eigenvalue weighted by atomic mass is 16.5. The molecule has 3 aromatic rings. The van der Waals surface area contributed by atoms with Crippen LogP contribution < -0.4 is 15.6 Å². The van der Waals surface area contributed by atoms with Crippen LogP contribution in [0.25, 0.3) is 11.3 Å². The largest absolute Gasteiger partial charge is 0.494 e. The summed E-state index contributed by atoms with van der Waals surface area (Å²) in [4.78, 5) is 24.1.